The molecular formula is C20H23BrN2O2S. The molecule has 2 amide bonds. The Balaban J connectivity index is 1.63. The van der Waals surface area contributed by atoms with Crippen molar-refractivity contribution in [2.75, 3.05) is 12.4 Å². The van der Waals surface area contributed by atoms with Gasteiger partial charge in [-0.1, -0.05) is 25.3 Å². The normalized spacial score (nSPS) is 14.8. The Morgan fingerprint density at radius 1 is 1.19 bits per heavy atom. The van der Waals surface area contributed by atoms with E-state index in [0.717, 1.165) is 34.3 Å². The number of carbonyl (C=O) groups is 2. The van der Waals surface area contributed by atoms with Gasteiger partial charge in [0.15, 0.2) is 0 Å². The summed E-state index contributed by atoms with van der Waals surface area (Å²) in [6.45, 7) is 0.563. The van der Waals surface area contributed by atoms with Crippen molar-refractivity contribution in [1.82, 2.24) is 4.90 Å². The Morgan fingerprint density at radius 2 is 1.96 bits per heavy atom. The van der Waals surface area contributed by atoms with E-state index >= 15 is 0 Å². The summed E-state index contributed by atoms with van der Waals surface area (Å²) in [4.78, 5) is 27.9. The zero-order valence-electron chi connectivity index (χ0n) is 14.8. The van der Waals surface area contributed by atoms with Crippen molar-refractivity contribution in [3.63, 3.8) is 0 Å². The van der Waals surface area contributed by atoms with Crippen molar-refractivity contribution in [3.05, 3.63) is 50.6 Å². The molecule has 3 rings (SSSR count). The molecule has 1 aromatic carbocycles. The molecular weight excluding hydrogens is 412 g/mol. The SMILES string of the molecule is CN(Cc1ccc(Br)s1)C(=O)c1cccc(NC(=O)C2CCCCC2)c1. The summed E-state index contributed by atoms with van der Waals surface area (Å²) >= 11 is 5.07. The number of amides is 2. The summed E-state index contributed by atoms with van der Waals surface area (Å²) in [6, 6.07) is 11.2. The van der Waals surface area contributed by atoms with Crippen LogP contribution in [0, 0.1) is 5.92 Å². The number of carbonyl (C=O) groups excluding carboxylic acids is 2. The minimum atomic E-state index is -0.0525. The fraction of sp³-hybridized carbons (Fsp3) is 0.400. The molecule has 0 spiro atoms. The van der Waals surface area contributed by atoms with Crippen LogP contribution in [0.15, 0.2) is 40.2 Å². The van der Waals surface area contributed by atoms with Crippen molar-refractivity contribution in [2.24, 2.45) is 5.92 Å². The zero-order chi connectivity index (χ0) is 18.5. The molecule has 1 saturated carbocycles. The topological polar surface area (TPSA) is 49.4 Å². The molecule has 0 atom stereocenters. The van der Waals surface area contributed by atoms with E-state index in [9.17, 15) is 9.59 Å². The van der Waals surface area contributed by atoms with Crippen molar-refractivity contribution >= 4 is 44.8 Å². The molecule has 138 valence electrons. The first-order chi connectivity index (χ1) is 12.5. The summed E-state index contributed by atoms with van der Waals surface area (Å²) in [5.74, 6) is 0.123. The molecule has 0 bridgehead atoms. The van der Waals surface area contributed by atoms with Crippen LogP contribution in [0.25, 0.3) is 0 Å². The third kappa shape index (κ3) is 4.95. The maximum absolute atomic E-state index is 12.7. The molecule has 1 heterocycles. The Bertz CT molecular complexity index is 784. The van der Waals surface area contributed by atoms with Crippen LogP contribution in [0.3, 0.4) is 0 Å². The van der Waals surface area contributed by atoms with Gasteiger partial charge in [0.2, 0.25) is 5.91 Å². The average molecular weight is 435 g/mol. The number of nitrogens with zero attached hydrogens (tertiary/aromatic N) is 1. The fourth-order valence-electron chi connectivity index (χ4n) is 3.30. The Morgan fingerprint density at radius 3 is 2.65 bits per heavy atom. The molecule has 0 aliphatic heterocycles. The van der Waals surface area contributed by atoms with E-state index < -0.39 is 0 Å². The lowest BCUT2D eigenvalue weighted by Crippen LogP contribution is -2.26. The number of rotatable bonds is 5. The second-order valence-electron chi connectivity index (χ2n) is 6.77. The second kappa shape index (κ2) is 8.82. The highest BCUT2D eigenvalue weighted by Gasteiger charge is 2.21. The van der Waals surface area contributed by atoms with Crippen LogP contribution >= 0.6 is 27.3 Å². The van der Waals surface area contributed by atoms with Crippen molar-refractivity contribution in [3.8, 4) is 0 Å². The molecule has 0 radical (unpaired) electrons. The van der Waals surface area contributed by atoms with Crippen LogP contribution in [0.5, 0.6) is 0 Å². The Kier molecular flexibility index (Phi) is 6.48. The molecule has 1 N–H and O–H groups in total. The van der Waals surface area contributed by atoms with E-state index in [1.54, 1.807) is 35.4 Å². The standard InChI is InChI=1S/C20H23BrN2O2S/c1-23(13-17-10-11-18(21)26-17)20(25)15-8-5-9-16(12-15)22-19(24)14-6-3-2-4-7-14/h5,8-12,14H,2-4,6-7,13H2,1H3,(H,22,24). The predicted octanol–water partition coefficient (Wildman–Crippen LogP) is 5.30. The lowest BCUT2D eigenvalue weighted by molar-refractivity contribution is -0.120. The van der Waals surface area contributed by atoms with Gasteiger partial charge in [-0.3, -0.25) is 9.59 Å². The first-order valence-electron chi connectivity index (χ1n) is 8.93. The molecule has 1 aliphatic rings. The Labute approximate surface area is 166 Å². The third-order valence-electron chi connectivity index (χ3n) is 4.72. The number of anilines is 1. The van der Waals surface area contributed by atoms with E-state index in [-0.39, 0.29) is 17.7 Å². The Hall–Kier alpha value is -1.66. The largest absolute Gasteiger partial charge is 0.337 e. The van der Waals surface area contributed by atoms with Gasteiger partial charge < -0.3 is 10.2 Å². The molecule has 1 fully saturated rings. The molecule has 4 nitrogen and oxygen atoms in total. The average Bonchev–Trinajstić information content (AvgIpc) is 3.06. The van der Waals surface area contributed by atoms with Crippen LogP contribution in [-0.4, -0.2) is 23.8 Å². The quantitative estimate of drug-likeness (QED) is 0.693. The number of hydrogen-bond donors (Lipinski definition) is 1. The summed E-state index contributed by atoms with van der Waals surface area (Å²) < 4.78 is 1.06. The first-order valence-corrected chi connectivity index (χ1v) is 10.5. The van der Waals surface area contributed by atoms with Crippen molar-refractivity contribution in [2.45, 2.75) is 38.6 Å². The number of thiophene rings is 1. The van der Waals surface area contributed by atoms with E-state index in [0.29, 0.717) is 17.8 Å². The van der Waals surface area contributed by atoms with Crippen LogP contribution < -0.4 is 5.32 Å². The molecule has 0 saturated heterocycles. The van der Waals surface area contributed by atoms with E-state index in [4.69, 9.17) is 0 Å². The number of hydrogen-bond acceptors (Lipinski definition) is 3. The first kappa shape index (κ1) is 19.1. The van der Waals surface area contributed by atoms with Crippen LogP contribution in [0.4, 0.5) is 5.69 Å². The maximum atomic E-state index is 12.7. The lowest BCUT2D eigenvalue weighted by atomic mass is 9.88. The molecule has 2 aromatic rings. The van der Waals surface area contributed by atoms with Gasteiger partial charge in [0.1, 0.15) is 0 Å². The number of benzene rings is 1. The van der Waals surface area contributed by atoms with Gasteiger partial charge in [0, 0.05) is 29.1 Å². The van der Waals surface area contributed by atoms with E-state index in [2.05, 4.69) is 21.2 Å². The summed E-state index contributed by atoms with van der Waals surface area (Å²) in [6.07, 6.45) is 5.40. The van der Waals surface area contributed by atoms with E-state index in [1.807, 2.05) is 24.3 Å². The molecule has 1 aromatic heterocycles. The van der Waals surface area contributed by atoms with Gasteiger partial charge in [-0.15, -0.1) is 11.3 Å². The molecule has 26 heavy (non-hydrogen) atoms. The summed E-state index contributed by atoms with van der Waals surface area (Å²) in [5.41, 5.74) is 1.28. The highest BCUT2D eigenvalue weighted by molar-refractivity contribution is 9.11. The predicted molar refractivity (Wildman–Crippen MR) is 109 cm³/mol. The minimum absolute atomic E-state index is 0.0525. The number of nitrogens with one attached hydrogen (secondary N) is 1. The van der Waals surface area contributed by atoms with Crippen molar-refractivity contribution < 1.29 is 9.59 Å². The fourth-order valence-corrected chi connectivity index (χ4v) is 4.84. The van der Waals surface area contributed by atoms with Gasteiger partial charge in [-0.25, -0.2) is 0 Å². The van der Waals surface area contributed by atoms with Gasteiger partial charge in [-0.05, 0) is 59.1 Å². The molecule has 6 heteroatoms. The number of halogens is 1. The van der Waals surface area contributed by atoms with Crippen LogP contribution in [0.1, 0.15) is 47.3 Å². The monoisotopic (exact) mass is 434 g/mol. The lowest BCUT2D eigenvalue weighted by Gasteiger charge is -2.21. The van der Waals surface area contributed by atoms with Gasteiger partial charge in [0.25, 0.3) is 5.91 Å². The zero-order valence-corrected chi connectivity index (χ0v) is 17.2. The second-order valence-corrected chi connectivity index (χ2v) is 9.32. The van der Waals surface area contributed by atoms with Crippen LogP contribution in [0.2, 0.25) is 0 Å². The van der Waals surface area contributed by atoms with Crippen molar-refractivity contribution in [1.29, 1.82) is 0 Å². The third-order valence-corrected chi connectivity index (χ3v) is 6.33. The van der Waals surface area contributed by atoms with E-state index in [1.165, 1.54) is 6.42 Å². The smallest absolute Gasteiger partial charge is 0.253 e. The minimum Gasteiger partial charge on any atom is -0.337 e. The summed E-state index contributed by atoms with van der Waals surface area (Å²) in [7, 11) is 1.79. The highest BCUT2D eigenvalue weighted by atomic mass is 79.9. The van der Waals surface area contributed by atoms with Crippen LogP contribution in [-0.2, 0) is 11.3 Å². The highest BCUT2D eigenvalue weighted by Crippen LogP contribution is 2.26. The molecule has 0 unspecified atom stereocenters. The van der Waals surface area contributed by atoms with Gasteiger partial charge in [0.05, 0.1) is 10.3 Å². The molecule has 1 aliphatic carbocycles. The summed E-state index contributed by atoms with van der Waals surface area (Å²) in [5, 5.41) is 2.99. The maximum Gasteiger partial charge on any atom is 0.253 e. The van der Waals surface area contributed by atoms with Gasteiger partial charge in [-0.2, -0.15) is 0 Å². The van der Waals surface area contributed by atoms with Gasteiger partial charge >= 0.3 is 0 Å².